The second-order valence-electron chi connectivity index (χ2n) is 3.23. The van der Waals surface area contributed by atoms with Crippen LogP contribution in [0.4, 0.5) is 5.69 Å². The second kappa shape index (κ2) is 5.89. The highest BCUT2D eigenvalue weighted by Gasteiger charge is 2.18. The molecule has 4 nitrogen and oxygen atoms in total. The molecule has 0 fully saturated rings. The van der Waals surface area contributed by atoms with Gasteiger partial charge in [0.15, 0.2) is 0 Å². The molecular weight excluding hydrogens is 265 g/mol. The Hall–Kier alpha value is -1.26. The molecule has 0 radical (unpaired) electrons. The first-order valence-corrected chi connectivity index (χ1v) is 5.65. The lowest BCUT2D eigenvalue weighted by Gasteiger charge is -2.10. The SMILES string of the molecule is CCOC(=O)C(=O)Nc1c(Cl)ccc(C)c1Cl. The summed E-state index contributed by atoms with van der Waals surface area (Å²) in [6, 6.07) is 3.30. The van der Waals surface area contributed by atoms with Gasteiger partial charge in [0.1, 0.15) is 0 Å². The third kappa shape index (κ3) is 3.35. The third-order valence-corrected chi connectivity index (χ3v) is 2.79. The Morgan fingerprint density at radius 2 is 2.00 bits per heavy atom. The van der Waals surface area contributed by atoms with Gasteiger partial charge in [-0.1, -0.05) is 29.3 Å². The molecule has 0 aliphatic heterocycles. The van der Waals surface area contributed by atoms with E-state index in [2.05, 4.69) is 10.1 Å². The molecule has 0 saturated heterocycles. The minimum absolute atomic E-state index is 0.127. The standard InChI is InChI=1S/C11H11Cl2NO3/c1-3-17-11(16)10(15)14-9-7(12)5-4-6(2)8(9)13/h4-5H,3H2,1-2H3,(H,14,15). The fraction of sp³-hybridized carbons (Fsp3) is 0.273. The van der Waals surface area contributed by atoms with Crippen LogP contribution in [0.15, 0.2) is 12.1 Å². The molecule has 1 aromatic rings. The largest absolute Gasteiger partial charge is 0.459 e. The minimum atomic E-state index is -0.971. The van der Waals surface area contributed by atoms with Gasteiger partial charge in [0.05, 0.1) is 22.3 Å². The van der Waals surface area contributed by atoms with Gasteiger partial charge in [0.25, 0.3) is 0 Å². The lowest BCUT2D eigenvalue weighted by molar-refractivity contribution is -0.152. The molecule has 0 heterocycles. The highest BCUT2D eigenvalue weighted by Crippen LogP contribution is 2.32. The van der Waals surface area contributed by atoms with Crippen LogP contribution in [0.5, 0.6) is 0 Å². The van der Waals surface area contributed by atoms with Crippen molar-refractivity contribution < 1.29 is 14.3 Å². The summed E-state index contributed by atoms with van der Waals surface area (Å²) >= 11 is 11.8. The van der Waals surface area contributed by atoms with E-state index in [4.69, 9.17) is 23.2 Å². The summed E-state index contributed by atoms with van der Waals surface area (Å²) in [5.41, 5.74) is 0.960. The molecule has 0 aromatic heterocycles. The van der Waals surface area contributed by atoms with E-state index in [1.54, 1.807) is 26.0 Å². The van der Waals surface area contributed by atoms with E-state index in [0.717, 1.165) is 5.56 Å². The smallest absolute Gasteiger partial charge is 0.397 e. The van der Waals surface area contributed by atoms with E-state index in [0.29, 0.717) is 5.02 Å². The number of halogens is 2. The lowest BCUT2D eigenvalue weighted by Crippen LogP contribution is -2.25. The fourth-order valence-electron chi connectivity index (χ4n) is 1.13. The summed E-state index contributed by atoms with van der Waals surface area (Å²) < 4.78 is 4.55. The summed E-state index contributed by atoms with van der Waals surface area (Å²) in [5, 5.41) is 2.89. The molecule has 0 atom stereocenters. The maximum Gasteiger partial charge on any atom is 0.397 e. The van der Waals surface area contributed by atoms with Crippen molar-refractivity contribution in [1.82, 2.24) is 0 Å². The van der Waals surface area contributed by atoms with E-state index in [1.807, 2.05) is 0 Å². The Morgan fingerprint density at radius 1 is 1.35 bits per heavy atom. The highest BCUT2D eigenvalue weighted by atomic mass is 35.5. The zero-order chi connectivity index (χ0) is 13.0. The Morgan fingerprint density at radius 3 is 2.59 bits per heavy atom. The summed E-state index contributed by atoms with van der Waals surface area (Å²) in [7, 11) is 0. The van der Waals surface area contributed by atoms with Gasteiger partial charge in [-0.3, -0.25) is 4.79 Å². The van der Waals surface area contributed by atoms with E-state index >= 15 is 0 Å². The monoisotopic (exact) mass is 275 g/mol. The van der Waals surface area contributed by atoms with Crippen molar-refractivity contribution in [3.63, 3.8) is 0 Å². The van der Waals surface area contributed by atoms with Crippen LogP contribution >= 0.6 is 23.2 Å². The van der Waals surface area contributed by atoms with Gasteiger partial charge in [0.2, 0.25) is 0 Å². The molecule has 0 bridgehead atoms. The predicted molar refractivity (Wildman–Crippen MR) is 66.5 cm³/mol. The Kier molecular flexibility index (Phi) is 4.78. The number of rotatable bonds is 2. The number of esters is 1. The molecule has 92 valence electrons. The summed E-state index contributed by atoms with van der Waals surface area (Å²) in [5.74, 6) is -1.87. The normalized spacial score (nSPS) is 9.88. The van der Waals surface area contributed by atoms with E-state index < -0.39 is 11.9 Å². The maximum atomic E-state index is 11.4. The fourth-order valence-corrected chi connectivity index (χ4v) is 1.60. The summed E-state index contributed by atoms with van der Waals surface area (Å²) in [6.07, 6.45) is 0. The van der Waals surface area contributed by atoms with Crippen molar-refractivity contribution in [2.75, 3.05) is 11.9 Å². The van der Waals surface area contributed by atoms with Gasteiger partial charge in [-0.2, -0.15) is 0 Å². The molecule has 0 aliphatic rings. The van der Waals surface area contributed by atoms with Crippen molar-refractivity contribution in [2.45, 2.75) is 13.8 Å². The average molecular weight is 276 g/mol. The molecule has 1 N–H and O–H groups in total. The van der Waals surface area contributed by atoms with Gasteiger partial charge in [-0.25, -0.2) is 4.79 Å². The van der Waals surface area contributed by atoms with Crippen molar-refractivity contribution in [3.05, 3.63) is 27.7 Å². The van der Waals surface area contributed by atoms with Crippen molar-refractivity contribution in [2.24, 2.45) is 0 Å². The molecule has 0 aliphatic carbocycles. The number of ether oxygens (including phenoxy) is 1. The number of benzene rings is 1. The van der Waals surface area contributed by atoms with Crippen LogP contribution in [0.3, 0.4) is 0 Å². The van der Waals surface area contributed by atoms with Crippen LogP contribution in [0.25, 0.3) is 0 Å². The van der Waals surface area contributed by atoms with Crippen LogP contribution in [-0.4, -0.2) is 18.5 Å². The van der Waals surface area contributed by atoms with E-state index in [1.165, 1.54) is 0 Å². The zero-order valence-electron chi connectivity index (χ0n) is 9.34. The van der Waals surface area contributed by atoms with Gasteiger partial charge in [0, 0.05) is 0 Å². The molecular formula is C11H11Cl2NO3. The van der Waals surface area contributed by atoms with Gasteiger partial charge >= 0.3 is 11.9 Å². The number of carbonyl (C=O) groups is 2. The zero-order valence-corrected chi connectivity index (χ0v) is 10.9. The van der Waals surface area contributed by atoms with Crippen LogP contribution in [0.1, 0.15) is 12.5 Å². The molecule has 1 aromatic carbocycles. The van der Waals surface area contributed by atoms with Gasteiger partial charge < -0.3 is 10.1 Å². The van der Waals surface area contributed by atoms with E-state index in [-0.39, 0.29) is 17.3 Å². The molecule has 17 heavy (non-hydrogen) atoms. The summed E-state index contributed by atoms with van der Waals surface area (Å²) in [6.45, 7) is 3.50. The van der Waals surface area contributed by atoms with Crippen molar-refractivity contribution >= 4 is 40.8 Å². The van der Waals surface area contributed by atoms with Crippen LogP contribution in [0, 0.1) is 6.92 Å². The number of carbonyl (C=O) groups excluding carboxylic acids is 2. The molecule has 0 spiro atoms. The Labute approximate surface area is 109 Å². The molecule has 1 rings (SSSR count). The Bertz CT molecular complexity index is 460. The van der Waals surface area contributed by atoms with Crippen LogP contribution in [0.2, 0.25) is 10.0 Å². The van der Waals surface area contributed by atoms with Crippen LogP contribution < -0.4 is 5.32 Å². The molecule has 0 saturated carbocycles. The van der Waals surface area contributed by atoms with Gasteiger partial charge in [-0.15, -0.1) is 0 Å². The third-order valence-electron chi connectivity index (χ3n) is 1.98. The lowest BCUT2D eigenvalue weighted by atomic mass is 10.2. The molecule has 6 heteroatoms. The maximum absolute atomic E-state index is 11.4. The number of hydrogen-bond donors (Lipinski definition) is 1. The summed E-state index contributed by atoms with van der Waals surface area (Å²) in [4.78, 5) is 22.5. The Balaban J connectivity index is 2.92. The van der Waals surface area contributed by atoms with Crippen LogP contribution in [-0.2, 0) is 14.3 Å². The van der Waals surface area contributed by atoms with Gasteiger partial charge in [-0.05, 0) is 25.5 Å². The number of amides is 1. The number of hydrogen-bond acceptors (Lipinski definition) is 3. The van der Waals surface area contributed by atoms with E-state index in [9.17, 15) is 9.59 Å². The number of nitrogens with one attached hydrogen (secondary N) is 1. The quantitative estimate of drug-likeness (QED) is 0.667. The average Bonchev–Trinajstić information content (AvgIpc) is 2.29. The second-order valence-corrected chi connectivity index (χ2v) is 4.01. The molecule has 0 unspecified atom stereocenters. The number of aryl methyl sites for hydroxylation is 1. The number of anilines is 1. The first-order chi connectivity index (χ1) is 7.97. The van der Waals surface area contributed by atoms with Crippen molar-refractivity contribution in [1.29, 1.82) is 0 Å². The minimum Gasteiger partial charge on any atom is -0.459 e. The molecule has 1 amide bonds. The topological polar surface area (TPSA) is 55.4 Å². The first kappa shape index (κ1) is 13.8. The highest BCUT2D eigenvalue weighted by molar-refractivity contribution is 6.43. The van der Waals surface area contributed by atoms with Crippen molar-refractivity contribution in [3.8, 4) is 0 Å². The first-order valence-electron chi connectivity index (χ1n) is 4.90. The predicted octanol–water partition coefficient (Wildman–Crippen LogP) is 2.80.